The first-order valence-electron chi connectivity index (χ1n) is 8.28. The van der Waals surface area contributed by atoms with Gasteiger partial charge in [0.25, 0.3) is 0 Å². The highest BCUT2D eigenvalue weighted by molar-refractivity contribution is 7.14. The van der Waals surface area contributed by atoms with Crippen molar-refractivity contribution >= 4 is 39.5 Å². The van der Waals surface area contributed by atoms with Crippen molar-refractivity contribution in [2.45, 2.75) is 6.42 Å². The molecule has 0 unspecified atom stereocenters. The second-order valence-corrected chi connectivity index (χ2v) is 7.34. The monoisotopic (exact) mass is 375 g/mol. The summed E-state index contributed by atoms with van der Waals surface area (Å²) >= 11 is 7.65. The summed E-state index contributed by atoms with van der Waals surface area (Å²) in [6, 6.07) is 11.7. The zero-order valence-electron chi connectivity index (χ0n) is 13.8. The van der Waals surface area contributed by atoms with Crippen molar-refractivity contribution < 1.29 is 9.69 Å². The largest absolute Gasteiger partial charge is 0.359 e. The van der Waals surface area contributed by atoms with E-state index < -0.39 is 0 Å². The first-order chi connectivity index (χ1) is 12.2. The van der Waals surface area contributed by atoms with Gasteiger partial charge in [0.2, 0.25) is 5.91 Å². The second kappa shape index (κ2) is 8.34. The maximum absolute atomic E-state index is 12.1. The topological polar surface area (TPSA) is 60.6 Å². The van der Waals surface area contributed by atoms with E-state index in [9.17, 15) is 4.79 Å². The van der Waals surface area contributed by atoms with Gasteiger partial charge in [-0.25, -0.2) is 0 Å². The summed E-state index contributed by atoms with van der Waals surface area (Å²) in [4.78, 5) is 15.8. The Labute approximate surface area is 156 Å². The molecule has 0 bridgehead atoms. The van der Waals surface area contributed by atoms with Crippen LogP contribution >= 0.6 is 22.9 Å². The maximum Gasteiger partial charge on any atom is 0.230 e. The Morgan fingerprint density at radius 2 is 2.08 bits per heavy atom. The lowest BCUT2D eigenvalue weighted by Crippen LogP contribution is -3.15. The Bertz CT molecular complexity index is 777. The fourth-order valence-corrected chi connectivity index (χ4v) is 4.00. The summed E-state index contributed by atoms with van der Waals surface area (Å²) < 4.78 is 0. The van der Waals surface area contributed by atoms with Gasteiger partial charge in [-0.3, -0.25) is 4.79 Å². The van der Waals surface area contributed by atoms with E-state index in [4.69, 9.17) is 16.9 Å². The molecule has 3 rings (SSSR count). The van der Waals surface area contributed by atoms with Crippen LogP contribution in [-0.2, 0) is 4.79 Å². The minimum Gasteiger partial charge on any atom is -0.359 e. The normalized spacial score (nSPS) is 15.0. The minimum absolute atomic E-state index is 0.0278. The minimum atomic E-state index is -0.0278. The van der Waals surface area contributed by atoms with Crippen molar-refractivity contribution in [1.82, 2.24) is 0 Å². The number of nitrogens with zero attached hydrogens (tertiary/aromatic N) is 2. The Morgan fingerprint density at radius 1 is 1.32 bits per heavy atom. The molecule has 2 heterocycles. The van der Waals surface area contributed by atoms with Crippen LogP contribution in [0.3, 0.4) is 0 Å². The quantitative estimate of drug-likeness (QED) is 0.840. The molecule has 0 spiro atoms. The highest BCUT2D eigenvalue weighted by Crippen LogP contribution is 2.25. The fourth-order valence-electron chi connectivity index (χ4n) is 3.00. The highest BCUT2D eigenvalue weighted by Gasteiger charge is 2.22. The van der Waals surface area contributed by atoms with Crippen molar-refractivity contribution in [2.75, 3.05) is 42.9 Å². The number of carbonyl (C=O) groups is 1. The number of anilines is 2. The molecule has 1 aliphatic rings. The molecule has 0 atom stereocenters. The van der Waals surface area contributed by atoms with Crippen molar-refractivity contribution in [1.29, 1.82) is 5.26 Å². The molecule has 25 heavy (non-hydrogen) atoms. The Hall–Kier alpha value is -2.07. The molecule has 0 saturated carbocycles. The molecular weight excluding hydrogens is 356 g/mol. The third-order valence-corrected chi connectivity index (χ3v) is 5.56. The standard InChI is InChI=1S/C18H19ClN4OS/c19-15-3-1-2-4-16(15)23-10-8-22(9-11-23)7-5-17(24)21-18-14(13-20)6-12-25-18/h1-4,6,12H,5,7-11H2,(H,21,24)/p+1. The summed E-state index contributed by atoms with van der Waals surface area (Å²) in [6.07, 6.45) is 0.462. The molecule has 1 amide bonds. The predicted molar refractivity (Wildman–Crippen MR) is 102 cm³/mol. The van der Waals surface area contributed by atoms with Crippen LogP contribution in [0.25, 0.3) is 0 Å². The third kappa shape index (κ3) is 4.51. The number of thiophene rings is 1. The Kier molecular flexibility index (Phi) is 5.92. The number of piperazine rings is 1. The molecule has 1 saturated heterocycles. The first-order valence-corrected chi connectivity index (χ1v) is 9.53. The van der Waals surface area contributed by atoms with E-state index in [0.29, 0.717) is 17.0 Å². The molecule has 1 aromatic heterocycles. The van der Waals surface area contributed by atoms with Gasteiger partial charge in [-0.05, 0) is 23.6 Å². The van der Waals surface area contributed by atoms with Crippen LogP contribution in [0.1, 0.15) is 12.0 Å². The van der Waals surface area contributed by atoms with E-state index in [1.807, 2.05) is 23.6 Å². The van der Waals surface area contributed by atoms with E-state index in [0.717, 1.165) is 43.4 Å². The number of rotatable bonds is 5. The van der Waals surface area contributed by atoms with E-state index in [1.165, 1.54) is 16.2 Å². The summed E-state index contributed by atoms with van der Waals surface area (Å²) in [7, 11) is 0. The third-order valence-electron chi connectivity index (χ3n) is 4.41. The second-order valence-electron chi connectivity index (χ2n) is 6.01. The Balaban J connectivity index is 1.44. The molecule has 1 aliphatic heterocycles. The Morgan fingerprint density at radius 3 is 2.80 bits per heavy atom. The highest BCUT2D eigenvalue weighted by atomic mass is 35.5. The van der Waals surface area contributed by atoms with Gasteiger partial charge >= 0.3 is 0 Å². The molecule has 7 heteroatoms. The number of carbonyl (C=O) groups excluding carboxylic acids is 1. The number of hydrogen-bond donors (Lipinski definition) is 2. The molecular formula is C18H20ClN4OS+. The summed E-state index contributed by atoms with van der Waals surface area (Å²) in [5, 5.41) is 15.1. The van der Waals surface area contributed by atoms with Crippen LogP contribution < -0.4 is 15.1 Å². The van der Waals surface area contributed by atoms with E-state index in [-0.39, 0.29) is 5.91 Å². The van der Waals surface area contributed by atoms with Gasteiger partial charge in [0.15, 0.2) is 0 Å². The van der Waals surface area contributed by atoms with E-state index in [2.05, 4.69) is 22.4 Å². The number of amides is 1. The van der Waals surface area contributed by atoms with Crippen molar-refractivity contribution in [3.63, 3.8) is 0 Å². The van der Waals surface area contributed by atoms with Gasteiger partial charge in [0, 0.05) is 0 Å². The number of halogens is 1. The molecule has 0 aliphatic carbocycles. The number of para-hydroxylation sites is 1. The van der Waals surface area contributed by atoms with Crippen LogP contribution in [0.15, 0.2) is 35.7 Å². The molecule has 1 fully saturated rings. The van der Waals surface area contributed by atoms with E-state index >= 15 is 0 Å². The number of nitriles is 1. The predicted octanol–water partition coefficient (Wildman–Crippen LogP) is 2.01. The lowest BCUT2D eigenvalue weighted by Gasteiger charge is -2.34. The average Bonchev–Trinajstić information content (AvgIpc) is 3.08. The van der Waals surface area contributed by atoms with Gasteiger partial charge in [0.1, 0.15) is 11.1 Å². The van der Waals surface area contributed by atoms with E-state index in [1.54, 1.807) is 6.07 Å². The SMILES string of the molecule is N#Cc1ccsc1NC(=O)CC[NH+]1CCN(c2ccccc2Cl)CC1. The van der Waals surface area contributed by atoms with Crippen molar-refractivity contribution in [3.8, 4) is 6.07 Å². The lowest BCUT2D eigenvalue weighted by atomic mass is 10.2. The zero-order chi connectivity index (χ0) is 17.6. The molecule has 130 valence electrons. The first kappa shape index (κ1) is 17.7. The number of nitrogens with one attached hydrogen (secondary N) is 2. The summed E-state index contributed by atoms with van der Waals surface area (Å²) in [5.74, 6) is -0.0278. The van der Waals surface area contributed by atoms with Gasteiger partial charge in [-0.1, -0.05) is 23.7 Å². The molecule has 0 radical (unpaired) electrons. The van der Waals surface area contributed by atoms with Gasteiger partial charge in [0.05, 0.1) is 55.4 Å². The molecule has 5 nitrogen and oxygen atoms in total. The lowest BCUT2D eigenvalue weighted by molar-refractivity contribution is -0.900. The zero-order valence-corrected chi connectivity index (χ0v) is 15.4. The molecule has 2 aromatic rings. The molecule has 2 N–H and O–H groups in total. The average molecular weight is 376 g/mol. The van der Waals surface area contributed by atoms with Gasteiger partial charge in [-0.2, -0.15) is 5.26 Å². The van der Waals surface area contributed by atoms with Crippen molar-refractivity contribution in [3.05, 3.63) is 46.3 Å². The van der Waals surface area contributed by atoms with Crippen LogP contribution in [0, 0.1) is 11.3 Å². The number of hydrogen-bond acceptors (Lipinski definition) is 4. The van der Waals surface area contributed by atoms with Crippen molar-refractivity contribution in [2.24, 2.45) is 0 Å². The molecule has 1 aromatic carbocycles. The summed E-state index contributed by atoms with van der Waals surface area (Å²) in [5.41, 5.74) is 1.61. The van der Waals surface area contributed by atoms with Crippen LogP contribution in [-0.4, -0.2) is 38.6 Å². The van der Waals surface area contributed by atoms with Crippen LogP contribution in [0.5, 0.6) is 0 Å². The smallest absolute Gasteiger partial charge is 0.230 e. The number of quaternary nitrogens is 1. The maximum atomic E-state index is 12.1. The van der Waals surface area contributed by atoms with Gasteiger partial charge < -0.3 is 15.1 Å². The fraction of sp³-hybridized carbons (Fsp3) is 0.333. The number of benzene rings is 1. The summed E-state index contributed by atoms with van der Waals surface area (Å²) in [6.45, 7) is 4.64. The van der Waals surface area contributed by atoms with Crippen LogP contribution in [0.4, 0.5) is 10.7 Å². The van der Waals surface area contributed by atoms with Crippen LogP contribution in [0.2, 0.25) is 5.02 Å². The van der Waals surface area contributed by atoms with Gasteiger partial charge in [-0.15, -0.1) is 11.3 Å².